The minimum absolute atomic E-state index is 0.445. The van der Waals surface area contributed by atoms with Gasteiger partial charge < -0.3 is 10.1 Å². The Labute approximate surface area is 119 Å². The van der Waals surface area contributed by atoms with Gasteiger partial charge in [-0.2, -0.15) is 5.26 Å². The second kappa shape index (κ2) is 7.37. The molecule has 2 rings (SSSR count). The third kappa shape index (κ3) is 4.41. The van der Waals surface area contributed by atoms with E-state index in [-0.39, 0.29) is 0 Å². The molecule has 19 heavy (non-hydrogen) atoms. The van der Waals surface area contributed by atoms with Crippen LogP contribution in [-0.2, 0) is 4.74 Å². The molecule has 0 aliphatic heterocycles. The molecule has 3 nitrogen and oxygen atoms in total. The summed E-state index contributed by atoms with van der Waals surface area (Å²) in [6, 6.07) is 7.42. The van der Waals surface area contributed by atoms with Crippen LogP contribution in [-0.4, -0.2) is 19.3 Å². The van der Waals surface area contributed by atoms with Crippen LogP contribution in [0.4, 0.5) is 5.69 Å². The molecular formula is C15H19ClN2O. The first-order chi connectivity index (χ1) is 9.29. The quantitative estimate of drug-likeness (QED) is 0.829. The fourth-order valence-electron chi connectivity index (χ4n) is 2.37. The van der Waals surface area contributed by atoms with Gasteiger partial charge in [0.05, 0.1) is 23.3 Å². The van der Waals surface area contributed by atoms with Crippen molar-refractivity contribution >= 4 is 17.3 Å². The molecular weight excluding hydrogens is 260 g/mol. The molecule has 0 atom stereocenters. The Morgan fingerprint density at radius 1 is 1.32 bits per heavy atom. The number of ether oxygens (including phenoxy) is 1. The van der Waals surface area contributed by atoms with E-state index in [1.54, 1.807) is 12.1 Å². The molecule has 0 radical (unpaired) electrons. The maximum atomic E-state index is 8.79. The summed E-state index contributed by atoms with van der Waals surface area (Å²) in [5, 5.41) is 12.5. The summed E-state index contributed by atoms with van der Waals surface area (Å²) in [5.41, 5.74) is 1.43. The van der Waals surface area contributed by atoms with Crippen molar-refractivity contribution in [3.8, 4) is 6.07 Å². The summed E-state index contributed by atoms with van der Waals surface area (Å²) in [7, 11) is 0. The zero-order valence-corrected chi connectivity index (χ0v) is 11.7. The second-order valence-corrected chi connectivity index (χ2v) is 5.27. The first-order valence-electron chi connectivity index (χ1n) is 6.85. The topological polar surface area (TPSA) is 45.0 Å². The summed E-state index contributed by atoms with van der Waals surface area (Å²) in [6.07, 6.45) is 6.78. The Hall–Kier alpha value is -1.24. The average molecular weight is 279 g/mol. The van der Waals surface area contributed by atoms with Crippen LogP contribution >= 0.6 is 11.6 Å². The second-order valence-electron chi connectivity index (χ2n) is 4.86. The first kappa shape index (κ1) is 14.2. The van der Waals surface area contributed by atoms with Gasteiger partial charge in [0.1, 0.15) is 6.07 Å². The zero-order chi connectivity index (χ0) is 13.5. The predicted molar refractivity (Wildman–Crippen MR) is 77.5 cm³/mol. The SMILES string of the molecule is N#Cc1ccc(NCCOC2CCCCC2)cc1Cl. The van der Waals surface area contributed by atoms with Gasteiger partial charge in [-0.25, -0.2) is 0 Å². The lowest BCUT2D eigenvalue weighted by atomic mass is 9.98. The van der Waals surface area contributed by atoms with E-state index in [1.807, 2.05) is 12.1 Å². The summed E-state index contributed by atoms with van der Waals surface area (Å²) in [6.45, 7) is 1.47. The third-order valence-electron chi connectivity index (χ3n) is 3.43. The van der Waals surface area contributed by atoms with Crippen LogP contribution in [0.2, 0.25) is 5.02 Å². The van der Waals surface area contributed by atoms with Gasteiger partial charge in [0, 0.05) is 12.2 Å². The largest absolute Gasteiger partial charge is 0.383 e. The number of rotatable bonds is 5. The molecule has 0 aromatic heterocycles. The van der Waals surface area contributed by atoms with Crippen molar-refractivity contribution in [1.82, 2.24) is 0 Å². The molecule has 1 aliphatic carbocycles. The number of halogens is 1. The van der Waals surface area contributed by atoms with Crippen molar-refractivity contribution in [3.05, 3.63) is 28.8 Å². The lowest BCUT2D eigenvalue weighted by Crippen LogP contribution is -2.20. The molecule has 0 spiro atoms. The normalized spacial score (nSPS) is 16.0. The summed E-state index contributed by atoms with van der Waals surface area (Å²) in [5.74, 6) is 0. The van der Waals surface area contributed by atoms with Crippen LogP contribution in [0.3, 0.4) is 0 Å². The maximum absolute atomic E-state index is 8.79. The van der Waals surface area contributed by atoms with Crippen LogP contribution in [0.5, 0.6) is 0 Å². The van der Waals surface area contributed by atoms with Gasteiger partial charge in [0.15, 0.2) is 0 Å². The van der Waals surface area contributed by atoms with Crippen molar-refractivity contribution in [2.24, 2.45) is 0 Å². The van der Waals surface area contributed by atoms with Crippen molar-refractivity contribution in [2.45, 2.75) is 38.2 Å². The molecule has 4 heteroatoms. The van der Waals surface area contributed by atoms with E-state index in [0.717, 1.165) is 12.2 Å². The molecule has 0 heterocycles. The van der Waals surface area contributed by atoms with Gasteiger partial charge in [-0.1, -0.05) is 30.9 Å². The Bertz CT molecular complexity index is 450. The van der Waals surface area contributed by atoms with Gasteiger partial charge in [0.25, 0.3) is 0 Å². The number of nitrogens with zero attached hydrogens (tertiary/aromatic N) is 1. The van der Waals surface area contributed by atoms with Crippen molar-refractivity contribution < 1.29 is 4.74 Å². The Balaban J connectivity index is 1.70. The highest BCUT2D eigenvalue weighted by Crippen LogP contribution is 2.21. The number of nitriles is 1. The van der Waals surface area contributed by atoms with Crippen LogP contribution in [0.25, 0.3) is 0 Å². The predicted octanol–water partition coefficient (Wildman–Crippen LogP) is 3.97. The van der Waals surface area contributed by atoms with E-state index in [0.29, 0.717) is 23.3 Å². The fraction of sp³-hybridized carbons (Fsp3) is 0.533. The average Bonchev–Trinajstić information content (AvgIpc) is 2.45. The van der Waals surface area contributed by atoms with Gasteiger partial charge in [-0.3, -0.25) is 0 Å². The third-order valence-corrected chi connectivity index (χ3v) is 3.74. The molecule has 0 bridgehead atoms. The number of anilines is 1. The van der Waals surface area contributed by atoms with Crippen molar-refractivity contribution in [3.63, 3.8) is 0 Å². The summed E-state index contributed by atoms with van der Waals surface area (Å²) in [4.78, 5) is 0. The van der Waals surface area contributed by atoms with E-state index in [9.17, 15) is 0 Å². The number of benzene rings is 1. The Morgan fingerprint density at radius 2 is 2.11 bits per heavy atom. The number of hydrogen-bond donors (Lipinski definition) is 1. The fourth-order valence-corrected chi connectivity index (χ4v) is 2.59. The van der Waals surface area contributed by atoms with Gasteiger partial charge in [0.2, 0.25) is 0 Å². The zero-order valence-electron chi connectivity index (χ0n) is 11.0. The highest BCUT2D eigenvalue weighted by atomic mass is 35.5. The molecule has 0 unspecified atom stereocenters. The van der Waals surface area contributed by atoms with E-state index in [2.05, 4.69) is 5.32 Å². The Kier molecular flexibility index (Phi) is 5.50. The summed E-state index contributed by atoms with van der Waals surface area (Å²) >= 11 is 5.97. The molecule has 1 aromatic carbocycles. The minimum Gasteiger partial charge on any atom is -0.383 e. The van der Waals surface area contributed by atoms with Crippen molar-refractivity contribution in [1.29, 1.82) is 5.26 Å². The summed E-state index contributed by atoms with van der Waals surface area (Å²) < 4.78 is 5.83. The van der Waals surface area contributed by atoms with Gasteiger partial charge in [-0.15, -0.1) is 0 Å². The molecule has 102 valence electrons. The van der Waals surface area contributed by atoms with Crippen LogP contribution in [0.15, 0.2) is 18.2 Å². The molecule has 1 saturated carbocycles. The lowest BCUT2D eigenvalue weighted by Gasteiger charge is -2.22. The van der Waals surface area contributed by atoms with Crippen molar-refractivity contribution in [2.75, 3.05) is 18.5 Å². The van der Waals surface area contributed by atoms with Gasteiger partial charge >= 0.3 is 0 Å². The molecule has 1 fully saturated rings. The van der Waals surface area contributed by atoms with E-state index >= 15 is 0 Å². The lowest BCUT2D eigenvalue weighted by molar-refractivity contribution is 0.0347. The smallest absolute Gasteiger partial charge is 0.101 e. The molecule has 1 N–H and O–H groups in total. The molecule has 0 saturated heterocycles. The van der Waals surface area contributed by atoms with E-state index in [4.69, 9.17) is 21.6 Å². The monoisotopic (exact) mass is 278 g/mol. The van der Waals surface area contributed by atoms with E-state index in [1.165, 1.54) is 32.1 Å². The maximum Gasteiger partial charge on any atom is 0.101 e. The number of hydrogen-bond acceptors (Lipinski definition) is 3. The molecule has 1 aliphatic rings. The molecule has 0 amide bonds. The first-order valence-corrected chi connectivity index (χ1v) is 7.22. The molecule has 1 aromatic rings. The van der Waals surface area contributed by atoms with Crippen LogP contribution < -0.4 is 5.32 Å². The highest BCUT2D eigenvalue weighted by molar-refractivity contribution is 6.32. The minimum atomic E-state index is 0.445. The van der Waals surface area contributed by atoms with Gasteiger partial charge in [-0.05, 0) is 31.0 Å². The van der Waals surface area contributed by atoms with Crippen LogP contribution in [0, 0.1) is 11.3 Å². The van der Waals surface area contributed by atoms with E-state index < -0.39 is 0 Å². The van der Waals surface area contributed by atoms with Crippen LogP contribution in [0.1, 0.15) is 37.7 Å². The standard InChI is InChI=1S/C15H19ClN2O/c16-15-10-13(7-6-12(15)11-17)18-8-9-19-14-4-2-1-3-5-14/h6-7,10,14,18H,1-5,8-9H2. The highest BCUT2D eigenvalue weighted by Gasteiger charge is 2.12. The number of nitrogens with one attached hydrogen (secondary N) is 1. The Morgan fingerprint density at radius 3 is 2.79 bits per heavy atom.